The number of carbonyl (C=O) groups is 9. The zero-order valence-corrected chi connectivity index (χ0v) is 69.2. The van der Waals surface area contributed by atoms with Gasteiger partial charge in [0.2, 0.25) is 17.7 Å². The van der Waals surface area contributed by atoms with Crippen LogP contribution in [0.15, 0.2) is 91.1 Å². The number of carboxylic acid groups (broad SMARTS) is 2. The summed E-state index contributed by atoms with van der Waals surface area (Å²) in [6, 6.07) is 17.8. The number of nitrogens with zero attached hydrogens (tertiary/aromatic N) is 8. The lowest BCUT2D eigenvalue weighted by Gasteiger charge is -2.69. The van der Waals surface area contributed by atoms with Gasteiger partial charge in [0.1, 0.15) is 36.8 Å². The maximum Gasteiger partial charge on any atom is 0.410 e. The predicted molar refractivity (Wildman–Crippen MR) is 435 cm³/mol. The van der Waals surface area contributed by atoms with E-state index in [2.05, 4.69) is 40.1 Å². The summed E-state index contributed by atoms with van der Waals surface area (Å²) in [4.78, 5) is 136. The molecule has 4 aliphatic heterocycles. The van der Waals surface area contributed by atoms with Crippen molar-refractivity contribution < 1.29 is 111 Å². The van der Waals surface area contributed by atoms with Crippen molar-refractivity contribution in [2.75, 3.05) is 80.4 Å². The van der Waals surface area contributed by atoms with E-state index in [9.17, 15) is 91.9 Å². The monoisotopic (exact) mass is 1700 g/mol. The summed E-state index contributed by atoms with van der Waals surface area (Å²) in [7, 11) is -4.40. The third-order valence-electron chi connectivity index (χ3n) is 24.4. The number of hydrogen-bond acceptors (Lipinski definition) is 26. The first kappa shape index (κ1) is 88.0. The van der Waals surface area contributed by atoms with Crippen molar-refractivity contribution >= 4 is 102 Å². The molecule has 0 radical (unpaired) electrons. The van der Waals surface area contributed by atoms with E-state index in [1.54, 1.807) is 57.3 Å². The van der Waals surface area contributed by atoms with Crippen molar-refractivity contribution in [3.63, 3.8) is 0 Å². The van der Waals surface area contributed by atoms with E-state index < -0.39 is 150 Å². The average Bonchev–Trinajstić information content (AvgIpc) is 0.843. The molecule has 37 heteroatoms. The summed E-state index contributed by atoms with van der Waals surface area (Å²) >= 11 is 1.39. The molecule has 4 saturated carbocycles. The first-order valence-electron chi connectivity index (χ1n) is 40.3. The third kappa shape index (κ3) is 19.9. The number of benzene rings is 3. The van der Waals surface area contributed by atoms with E-state index in [0.717, 1.165) is 81.1 Å². The number of nitrogens with one attached hydrogen (secondary N) is 4. The number of imide groups is 1. The molecule has 6 fully saturated rings. The zero-order valence-electron chi connectivity index (χ0n) is 67.6. The maximum absolute atomic E-state index is 14.6. The molecular formula is C83H104N12O23S2. The number of aryl methyl sites for hydroxylation is 1. The van der Waals surface area contributed by atoms with Crippen LogP contribution >= 0.6 is 11.3 Å². The van der Waals surface area contributed by atoms with Crippen LogP contribution in [0.3, 0.4) is 0 Å². The molecule has 646 valence electrons. The molecule has 2 unspecified atom stereocenters. The van der Waals surface area contributed by atoms with Crippen LogP contribution in [0.2, 0.25) is 0 Å². The number of pyridine rings is 1. The van der Waals surface area contributed by atoms with Crippen molar-refractivity contribution in [1.29, 1.82) is 0 Å². The number of hydrogen-bond donors (Lipinski definition) is 12. The molecule has 8 aliphatic rings. The maximum atomic E-state index is 14.6. The van der Waals surface area contributed by atoms with Crippen LogP contribution in [0.5, 0.6) is 0 Å². The summed E-state index contributed by atoms with van der Waals surface area (Å²) in [6.07, 6.45) is -1.94. The fourth-order valence-corrected chi connectivity index (χ4v) is 20.7. The van der Waals surface area contributed by atoms with Crippen molar-refractivity contribution in [2.45, 2.75) is 198 Å². The number of rotatable bonds is 36. The van der Waals surface area contributed by atoms with Gasteiger partial charge in [0.25, 0.3) is 27.8 Å². The van der Waals surface area contributed by atoms with Crippen LogP contribution in [0.4, 0.5) is 21.4 Å². The largest absolute Gasteiger partial charge is 0.479 e. The number of aromatic carboxylic acids is 1. The molecule has 7 heterocycles. The molecule has 2 saturated heterocycles. The number of likely N-dealkylation sites (tertiary alicyclic amines) is 1. The molecule has 14 rings (SSSR count). The Morgan fingerprint density at radius 2 is 1.57 bits per heavy atom. The molecule has 3 aromatic heterocycles. The van der Waals surface area contributed by atoms with Gasteiger partial charge < -0.3 is 85.3 Å². The molecule has 4 aliphatic carbocycles. The summed E-state index contributed by atoms with van der Waals surface area (Å²) in [5, 5.41) is 90.9. The summed E-state index contributed by atoms with van der Waals surface area (Å²) in [5.74, 6) is -7.03. The molecule has 0 spiro atoms. The second kappa shape index (κ2) is 36.1. The topological polar surface area (TPSA) is 491 Å². The number of fused-ring (bicyclic) bond motifs is 2. The molecule has 120 heavy (non-hydrogen) atoms. The Hall–Kier alpha value is -9.77. The number of para-hydroxylation sites is 1. The van der Waals surface area contributed by atoms with Gasteiger partial charge in [0, 0.05) is 92.0 Å². The number of amides is 7. The van der Waals surface area contributed by atoms with Crippen LogP contribution in [0, 0.1) is 29.1 Å². The van der Waals surface area contributed by atoms with Crippen LogP contribution in [0.25, 0.3) is 21.3 Å². The Bertz CT molecular complexity index is 4990. The number of anilines is 3. The smallest absolute Gasteiger partial charge is 0.410 e. The number of ether oxygens (including phenoxy) is 4. The van der Waals surface area contributed by atoms with Gasteiger partial charge in [-0.3, -0.25) is 48.2 Å². The molecule has 12 atom stereocenters. The Labute approximate surface area is 696 Å². The van der Waals surface area contributed by atoms with Gasteiger partial charge >= 0.3 is 18.0 Å². The van der Waals surface area contributed by atoms with Gasteiger partial charge in [-0.15, -0.1) is 0 Å². The first-order valence-corrected chi connectivity index (χ1v) is 42.8. The minimum atomic E-state index is -4.40. The van der Waals surface area contributed by atoms with E-state index in [1.807, 2.05) is 59.0 Å². The minimum absolute atomic E-state index is 0.00608. The highest BCUT2D eigenvalue weighted by Crippen LogP contribution is 2.72. The normalized spacial score (nSPS) is 25.9. The van der Waals surface area contributed by atoms with Crippen LogP contribution in [-0.4, -0.2) is 268 Å². The Kier molecular flexibility index (Phi) is 26.5. The fraction of sp³-hybridized carbons (Fsp3) is 0.542. The van der Waals surface area contributed by atoms with Crippen LogP contribution in [-0.2, 0) is 90.4 Å². The van der Waals surface area contributed by atoms with Gasteiger partial charge in [-0.05, 0) is 165 Å². The molecule has 4 bridgehead atoms. The average molecular weight is 1700 g/mol. The third-order valence-corrected chi connectivity index (χ3v) is 26.0. The van der Waals surface area contributed by atoms with E-state index in [4.69, 9.17) is 29.0 Å². The van der Waals surface area contributed by atoms with E-state index >= 15 is 0 Å². The van der Waals surface area contributed by atoms with E-state index in [0.29, 0.717) is 71.2 Å². The highest BCUT2D eigenvalue weighted by Gasteiger charge is 2.66. The van der Waals surface area contributed by atoms with Crippen molar-refractivity contribution in [3.05, 3.63) is 130 Å². The lowest BCUT2D eigenvalue weighted by Crippen LogP contribution is -2.64. The zero-order chi connectivity index (χ0) is 86.1. The molecule has 7 amide bonds. The quantitative estimate of drug-likeness (QED) is 0.0145. The Balaban J connectivity index is 0.659. The van der Waals surface area contributed by atoms with Gasteiger partial charge in [0.05, 0.1) is 85.0 Å². The number of aliphatic hydroxyl groups is 5. The van der Waals surface area contributed by atoms with Gasteiger partial charge in [-0.1, -0.05) is 69.4 Å². The van der Waals surface area contributed by atoms with Crippen LogP contribution < -0.4 is 26.2 Å². The summed E-state index contributed by atoms with van der Waals surface area (Å²) < 4.78 is 59.1. The van der Waals surface area contributed by atoms with E-state index in [1.165, 1.54) is 16.2 Å². The van der Waals surface area contributed by atoms with Crippen molar-refractivity contribution in [3.8, 4) is 11.1 Å². The molecular weight excluding hydrogens is 1600 g/mol. The van der Waals surface area contributed by atoms with Crippen molar-refractivity contribution in [2.24, 2.45) is 22.2 Å². The summed E-state index contributed by atoms with van der Waals surface area (Å²) in [6.45, 7) is 10.8. The highest BCUT2D eigenvalue weighted by atomic mass is 32.2. The second-order valence-electron chi connectivity index (χ2n) is 34.2. The molecule has 3 aromatic carbocycles. The van der Waals surface area contributed by atoms with Crippen molar-refractivity contribution in [1.82, 2.24) is 45.1 Å². The molecule has 12 N–H and O–H groups in total. The first-order chi connectivity index (χ1) is 56.9. The lowest BCUT2D eigenvalue weighted by atomic mass is 9.39. The number of aliphatic hydroxyl groups excluding tert-OH is 5. The number of thiazole rings is 1. The Morgan fingerprint density at radius 3 is 2.27 bits per heavy atom. The molecule has 6 aromatic rings. The SMILES string of the molecule is Cc1c(-c2ccc(N3CCc4cccc(C(=O)Nc5nc6ccccc6s5)c4C3)nc2C(=O)O)cnn1CC12CC3(C)CC(C)(C1)CC(OCCN(CC[C@H](O)CO)C(=O)OCc1ccc(NC(=O)[C@H](C)NC[C@@H](NC(=O)CN4C(=O)[C@@H](N5C(=O)C=CC5=O)C[C@H]4COCCS(=O)(=O)O)C(C)C)cc1CC[C@@H]1O[C@H](C(=O)O)[C@@H](O)[C@H](O)[C@H]1O)(C3)C2. The molecule has 35 nitrogen and oxygen atoms in total. The number of carboxylic acids is 2. The van der Waals surface area contributed by atoms with E-state index in [-0.39, 0.29) is 105 Å². The number of aromatic nitrogens is 4. The predicted octanol–water partition coefficient (Wildman–Crippen LogP) is 4.62. The van der Waals surface area contributed by atoms with Gasteiger partial charge in [0.15, 0.2) is 16.9 Å². The highest BCUT2D eigenvalue weighted by molar-refractivity contribution is 7.85. The lowest BCUT2D eigenvalue weighted by molar-refractivity contribution is -0.248. The standard InChI is InChI=1S/C83H104N12O23S2/c1-46(2)60(87-65(98)35-93-53(38-115-28-29-120(112,113)114)31-61(75(93)106)95-66(99)20-21-67(95)100)33-84-47(3)73(104)86-52-16-14-51(50(30-52)15-18-62-69(101)70(102)71(103)72(118-62)77(109)110)37-116-79(111)91(25-23-54(97)36-96)26-27-117-83-42-80(5)39-81(6,43-83)41-82(40-80,44-83)45-94-48(4)57(32-85-94)55-17-19-64(89-68(55)76(107)108)92-24-22-49-10-9-11-56(58(49)34-92)74(105)90-78-88-59-12-7-8-13-63(59)119-78/h7-14,16-17,19-21,30,32,46-47,53-54,60-62,69-72,84,96-97,101-103H,15,18,22-29,31,33-45H2,1-6H3,(H,86,104)(H,87,98)(H,107,108)(H,109,110)(H,88,90,105)(H,112,113,114)/t47-,53-,54-,60+,61-,62-,69-,70+,71-,72-,80?,81?,82?,83?/m0/s1. The minimum Gasteiger partial charge on any atom is -0.479 e. The summed E-state index contributed by atoms with van der Waals surface area (Å²) in [5.41, 5.74) is 4.58. The van der Waals surface area contributed by atoms with Gasteiger partial charge in [-0.2, -0.15) is 13.5 Å². The fourth-order valence-electron chi connectivity index (χ4n) is 19.5. The van der Waals surface area contributed by atoms with Gasteiger partial charge in [-0.25, -0.2) is 24.4 Å². The number of carbonyl (C=O) groups excluding carboxylic acids is 7. The second-order valence-corrected chi connectivity index (χ2v) is 36.8. The number of aliphatic carboxylic acids is 1. The van der Waals surface area contributed by atoms with Crippen LogP contribution in [0.1, 0.15) is 141 Å². The Morgan fingerprint density at radius 1 is 0.833 bits per heavy atom.